The molecule has 0 saturated heterocycles. The lowest BCUT2D eigenvalue weighted by Gasteiger charge is -2.29. The standard InChI is InChI=1S/C43H51N3O9/c1-22-11-10-12-25(4)42(51)45-36-37-35(44-31-19-23(2)13-15-46(31)37)32-33(39(36)49)38(48)27(6)40-34(32)41(50)43(8,55-40)53-16-14-29(21-52-9)20-30(54-28(7)47)26(5)18-24(3)17-22/h10-16,19,22,24,26,29-30,48-49H,17-18,20-21H2,1-9H3,(H,45,51). The molecule has 292 valence electrons. The summed E-state index contributed by atoms with van der Waals surface area (Å²) in [6.45, 7) is 14.8. The number of pyridine rings is 1. The molecular formula is C43H51N3O9. The first-order chi connectivity index (χ1) is 26.0. The number of hydrogen-bond acceptors (Lipinski definition) is 10. The number of hydrogen-bond donors (Lipinski definition) is 3. The van der Waals surface area contributed by atoms with Gasteiger partial charge in [-0.3, -0.25) is 18.8 Å². The number of phenols is 2. The summed E-state index contributed by atoms with van der Waals surface area (Å²) in [5.41, 5.74) is 2.71. The van der Waals surface area contributed by atoms with Crippen molar-refractivity contribution < 1.29 is 43.5 Å². The average molecular weight is 754 g/mol. The van der Waals surface area contributed by atoms with E-state index in [0.717, 1.165) is 18.4 Å². The number of ether oxygens (including phenoxy) is 4. The number of anilines is 1. The van der Waals surface area contributed by atoms with Gasteiger partial charge < -0.3 is 34.5 Å². The van der Waals surface area contributed by atoms with Crippen molar-refractivity contribution in [3.8, 4) is 17.2 Å². The van der Waals surface area contributed by atoms with Gasteiger partial charge in [0.25, 0.3) is 11.7 Å². The zero-order valence-corrected chi connectivity index (χ0v) is 33.0. The minimum atomic E-state index is -1.86. The maximum Gasteiger partial charge on any atom is 0.312 e. The Morgan fingerprint density at radius 3 is 2.53 bits per heavy atom. The number of phenolic OH excluding ortho intramolecular Hbond substituents is 2. The van der Waals surface area contributed by atoms with Crippen LogP contribution in [0.5, 0.6) is 17.2 Å². The lowest BCUT2D eigenvalue weighted by molar-refractivity contribution is -0.150. The van der Waals surface area contributed by atoms with Crippen molar-refractivity contribution in [2.45, 2.75) is 86.5 Å². The van der Waals surface area contributed by atoms with Crippen molar-refractivity contribution in [1.29, 1.82) is 0 Å². The van der Waals surface area contributed by atoms with Crippen LogP contribution in [0.1, 0.15) is 82.3 Å². The number of imidazole rings is 1. The van der Waals surface area contributed by atoms with E-state index in [0.29, 0.717) is 35.7 Å². The van der Waals surface area contributed by atoms with Gasteiger partial charge in [-0.05, 0) is 81.6 Å². The van der Waals surface area contributed by atoms with Crippen LogP contribution in [0.4, 0.5) is 5.69 Å². The minimum Gasteiger partial charge on any atom is -0.507 e. The van der Waals surface area contributed by atoms with Gasteiger partial charge >= 0.3 is 11.8 Å². The lowest BCUT2D eigenvalue weighted by Crippen LogP contribution is -2.38. The molecule has 0 fully saturated rings. The Bertz CT molecular complexity index is 2290. The van der Waals surface area contributed by atoms with Crippen LogP contribution >= 0.6 is 0 Å². The number of methoxy groups -OCH3 is 1. The van der Waals surface area contributed by atoms with Crippen LogP contribution in [0, 0.1) is 37.5 Å². The van der Waals surface area contributed by atoms with Gasteiger partial charge in [0.2, 0.25) is 0 Å². The molecule has 6 atom stereocenters. The maximum atomic E-state index is 14.5. The Kier molecular flexibility index (Phi) is 11.0. The summed E-state index contributed by atoms with van der Waals surface area (Å²) in [6, 6.07) is 3.71. The molecule has 12 heteroatoms. The fourth-order valence-electron chi connectivity index (χ4n) is 7.99. The molecule has 0 radical (unpaired) electrons. The van der Waals surface area contributed by atoms with Gasteiger partial charge in [-0.15, -0.1) is 0 Å². The van der Waals surface area contributed by atoms with Crippen LogP contribution in [0.15, 0.2) is 54.5 Å². The van der Waals surface area contributed by atoms with E-state index < -0.39 is 29.3 Å². The molecule has 0 saturated carbocycles. The number of rotatable bonds is 3. The Morgan fingerprint density at radius 1 is 1.07 bits per heavy atom. The molecule has 2 aromatic heterocycles. The van der Waals surface area contributed by atoms with E-state index in [1.165, 1.54) is 20.1 Å². The third-order valence-corrected chi connectivity index (χ3v) is 10.8. The first-order valence-corrected chi connectivity index (χ1v) is 18.8. The van der Waals surface area contributed by atoms with Crippen molar-refractivity contribution in [3.63, 3.8) is 0 Å². The number of carbonyl (C=O) groups excluding carboxylic acids is 3. The van der Waals surface area contributed by atoms with Gasteiger partial charge in [-0.2, -0.15) is 0 Å². The quantitative estimate of drug-likeness (QED) is 0.138. The normalized spacial score (nSPS) is 25.3. The number of nitrogens with zero attached hydrogens (tertiary/aromatic N) is 2. The van der Waals surface area contributed by atoms with Gasteiger partial charge in [0.15, 0.2) is 5.75 Å². The Morgan fingerprint density at radius 2 is 1.82 bits per heavy atom. The Labute approximate surface area is 320 Å². The molecule has 1 amide bonds. The smallest absolute Gasteiger partial charge is 0.312 e. The molecular weight excluding hydrogens is 702 g/mol. The van der Waals surface area contributed by atoms with E-state index in [9.17, 15) is 24.6 Å². The molecule has 4 aromatic rings. The Hall–Kier alpha value is -5.36. The second-order valence-electron chi connectivity index (χ2n) is 15.5. The number of nitrogens with one attached hydrogen (secondary N) is 1. The molecule has 0 spiro atoms. The summed E-state index contributed by atoms with van der Waals surface area (Å²) in [7, 11) is 1.59. The summed E-state index contributed by atoms with van der Waals surface area (Å²) in [4.78, 5) is 45.4. The van der Waals surface area contributed by atoms with E-state index in [1.54, 1.807) is 43.7 Å². The van der Waals surface area contributed by atoms with Crippen LogP contribution in [-0.4, -0.2) is 62.9 Å². The number of carbonyl (C=O) groups is 3. The number of allylic oxidation sites excluding steroid dienone is 3. The zero-order chi connectivity index (χ0) is 39.9. The van der Waals surface area contributed by atoms with Crippen LogP contribution in [-0.2, 0) is 23.8 Å². The molecule has 2 aliphatic rings. The lowest BCUT2D eigenvalue weighted by atomic mass is 9.84. The number of amides is 1. The van der Waals surface area contributed by atoms with Gasteiger partial charge in [0.05, 0.1) is 23.8 Å². The summed E-state index contributed by atoms with van der Waals surface area (Å²) < 4.78 is 25.5. The highest BCUT2D eigenvalue weighted by Gasteiger charge is 2.49. The van der Waals surface area contributed by atoms with Gasteiger partial charge in [0.1, 0.15) is 40.0 Å². The first kappa shape index (κ1) is 39.3. The van der Waals surface area contributed by atoms with Crippen LogP contribution < -0.4 is 10.1 Å². The highest BCUT2D eigenvalue weighted by atomic mass is 16.7. The SMILES string of the molecule is COCC1C=COC2(C)Oc3c(C)c(O)c4c(O)c(c5c(nc6cc(C)ccn65)c4c3C2=O)NC(=O)C(C)=CC=CC(C)CC(C)CC(C)C(OC(C)=O)C1. The van der Waals surface area contributed by atoms with Crippen LogP contribution in [0.2, 0.25) is 0 Å². The summed E-state index contributed by atoms with van der Waals surface area (Å²) in [5, 5.41) is 26.7. The number of Topliss-reactive ketones (excluding diaryl/α,β-unsaturated/α-hetero) is 1. The monoisotopic (exact) mass is 753 g/mol. The molecule has 4 heterocycles. The van der Waals surface area contributed by atoms with E-state index in [2.05, 4.69) is 26.1 Å². The second-order valence-corrected chi connectivity index (χ2v) is 15.5. The molecule has 2 aromatic carbocycles. The topological polar surface area (TPSA) is 158 Å². The largest absolute Gasteiger partial charge is 0.507 e. The van der Waals surface area contributed by atoms with Gasteiger partial charge in [-0.25, -0.2) is 4.98 Å². The summed E-state index contributed by atoms with van der Waals surface area (Å²) >= 11 is 0. The summed E-state index contributed by atoms with van der Waals surface area (Å²) in [5.74, 6) is -3.64. The van der Waals surface area contributed by atoms with E-state index in [4.69, 9.17) is 23.9 Å². The molecule has 3 N–H and O–H groups in total. The van der Waals surface area contributed by atoms with E-state index in [-0.39, 0.29) is 68.3 Å². The highest BCUT2D eigenvalue weighted by molar-refractivity contribution is 6.28. The molecule has 0 aliphatic carbocycles. The van der Waals surface area contributed by atoms with Crippen molar-refractivity contribution in [3.05, 3.63) is 71.2 Å². The fraction of sp³-hybridized carbons (Fsp3) is 0.442. The molecule has 2 aliphatic heterocycles. The number of aryl methyl sites for hydroxylation is 1. The predicted octanol–water partition coefficient (Wildman–Crippen LogP) is 8.22. The third-order valence-electron chi connectivity index (χ3n) is 10.8. The van der Waals surface area contributed by atoms with Crippen molar-refractivity contribution in [2.75, 3.05) is 19.0 Å². The Balaban J connectivity index is 1.55. The van der Waals surface area contributed by atoms with Crippen molar-refractivity contribution >= 4 is 50.8 Å². The number of aromatic nitrogens is 2. The minimum absolute atomic E-state index is 0.0329. The number of ketones is 1. The van der Waals surface area contributed by atoms with Crippen LogP contribution in [0.3, 0.4) is 0 Å². The predicted molar refractivity (Wildman–Crippen MR) is 210 cm³/mol. The molecule has 12 nitrogen and oxygen atoms in total. The first-order valence-electron chi connectivity index (χ1n) is 18.8. The zero-order valence-electron chi connectivity index (χ0n) is 33.0. The van der Waals surface area contributed by atoms with E-state index in [1.807, 2.05) is 31.2 Å². The third kappa shape index (κ3) is 7.52. The second kappa shape index (κ2) is 15.4. The molecule has 4 bridgehead atoms. The summed E-state index contributed by atoms with van der Waals surface area (Å²) in [6.07, 6.45) is 12.3. The van der Waals surface area contributed by atoms with E-state index >= 15 is 0 Å². The molecule has 6 unspecified atom stereocenters. The van der Waals surface area contributed by atoms with Gasteiger partial charge in [-0.1, -0.05) is 39.0 Å². The number of esters is 1. The fourth-order valence-corrected chi connectivity index (χ4v) is 7.99. The van der Waals surface area contributed by atoms with Crippen molar-refractivity contribution in [2.24, 2.45) is 23.7 Å². The number of fused-ring (bicyclic) bond motifs is 2. The number of benzene rings is 2. The highest BCUT2D eigenvalue weighted by Crippen LogP contribution is 2.54. The molecule has 55 heavy (non-hydrogen) atoms. The average Bonchev–Trinajstić information content (AvgIpc) is 3.61. The number of aromatic hydroxyl groups is 2. The van der Waals surface area contributed by atoms with Crippen molar-refractivity contribution in [1.82, 2.24) is 9.38 Å². The van der Waals surface area contributed by atoms with Crippen LogP contribution in [0.25, 0.3) is 27.5 Å². The van der Waals surface area contributed by atoms with Gasteiger partial charge in [0, 0.05) is 49.6 Å². The molecule has 6 rings (SSSR count). The maximum absolute atomic E-state index is 14.5.